The van der Waals surface area contributed by atoms with Crippen LogP contribution in [0.15, 0.2) is 0 Å². The summed E-state index contributed by atoms with van der Waals surface area (Å²) in [4.78, 5) is 2.28. The lowest BCUT2D eigenvalue weighted by atomic mass is 9.90. The van der Waals surface area contributed by atoms with Crippen LogP contribution in [0.5, 0.6) is 0 Å². The average molecular weight is 200 g/mol. The lowest BCUT2D eigenvalue weighted by molar-refractivity contribution is -0.0840. The van der Waals surface area contributed by atoms with Crippen LogP contribution in [-0.2, 0) is 4.74 Å². The maximum Gasteiger partial charge on any atom is 0.0824 e. The Bertz CT molecular complexity index is 187. The molecule has 0 aromatic rings. The molecule has 2 fully saturated rings. The summed E-state index contributed by atoms with van der Waals surface area (Å²) >= 11 is 0. The predicted octanol–water partition coefficient (Wildman–Crippen LogP) is -0.568. The highest BCUT2D eigenvalue weighted by atomic mass is 16.5. The number of nitrogens with zero attached hydrogens (tertiary/aromatic N) is 1. The van der Waals surface area contributed by atoms with E-state index in [0.29, 0.717) is 6.10 Å². The van der Waals surface area contributed by atoms with Crippen molar-refractivity contribution >= 4 is 0 Å². The topological polar surface area (TPSA) is 44.7 Å². The maximum absolute atomic E-state index is 10.2. The number of likely N-dealkylation sites (tertiary alicyclic amines) is 1. The number of hydrogen-bond acceptors (Lipinski definition) is 4. The maximum atomic E-state index is 10.2. The van der Waals surface area contributed by atoms with Crippen LogP contribution in [0.3, 0.4) is 0 Å². The van der Waals surface area contributed by atoms with Gasteiger partial charge in [0.2, 0.25) is 0 Å². The first-order valence-electron chi connectivity index (χ1n) is 5.40. The molecule has 2 heterocycles. The van der Waals surface area contributed by atoms with Crippen molar-refractivity contribution in [2.45, 2.75) is 24.5 Å². The molecule has 0 aromatic carbocycles. The fraction of sp³-hybridized carbons (Fsp3) is 1.00. The van der Waals surface area contributed by atoms with E-state index in [4.69, 9.17) is 4.74 Å². The van der Waals surface area contributed by atoms with E-state index in [2.05, 4.69) is 10.2 Å². The zero-order valence-electron chi connectivity index (χ0n) is 8.83. The molecular formula is C10H20N2O2. The summed E-state index contributed by atoms with van der Waals surface area (Å²) in [6.07, 6.45) is 2.14. The van der Waals surface area contributed by atoms with Gasteiger partial charge >= 0.3 is 0 Å². The molecule has 2 rings (SSSR count). The number of piperidine rings is 1. The molecule has 82 valence electrons. The molecule has 2 aliphatic heterocycles. The highest BCUT2D eigenvalue weighted by molar-refractivity contribution is 4.91. The number of β-amino-alcohol motifs (C(OH)–C–C–N with tert-alkyl or cyclic N) is 1. The van der Waals surface area contributed by atoms with Crippen molar-refractivity contribution in [1.82, 2.24) is 10.2 Å². The summed E-state index contributed by atoms with van der Waals surface area (Å²) in [5.41, 5.74) is -0.454. The molecule has 0 aliphatic carbocycles. The van der Waals surface area contributed by atoms with E-state index in [1.807, 2.05) is 0 Å². The minimum atomic E-state index is -0.454. The second kappa shape index (κ2) is 4.14. The fourth-order valence-electron chi connectivity index (χ4n) is 2.27. The van der Waals surface area contributed by atoms with Gasteiger partial charge in [-0.25, -0.2) is 0 Å². The highest BCUT2D eigenvalue weighted by Crippen LogP contribution is 2.22. The quantitative estimate of drug-likeness (QED) is 0.640. The van der Waals surface area contributed by atoms with Gasteiger partial charge in [0.1, 0.15) is 0 Å². The number of aliphatic hydroxyl groups is 1. The molecular weight excluding hydrogens is 180 g/mol. The second-order valence-corrected chi connectivity index (χ2v) is 4.53. The predicted molar refractivity (Wildman–Crippen MR) is 54.3 cm³/mol. The van der Waals surface area contributed by atoms with E-state index in [9.17, 15) is 5.11 Å². The van der Waals surface area contributed by atoms with Gasteiger partial charge in [-0.05, 0) is 25.9 Å². The van der Waals surface area contributed by atoms with Gasteiger partial charge < -0.3 is 15.2 Å². The van der Waals surface area contributed by atoms with Gasteiger partial charge in [-0.2, -0.15) is 0 Å². The summed E-state index contributed by atoms with van der Waals surface area (Å²) in [7, 11) is 1.75. The van der Waals surface area contributed by atoms with Crippen LogP contribution >= 0.6 is 0 Å². The van der Waals surface area contributed by atoms with Crippen molar-refractivity contribution in [3.8, 4) is 0 Å². The molecule has 0 unspecified atom stereocenters. The molecule has 4 nitrogen and oxygen atoms in total. The van der Waals surface area contributed by atoms with Gasteiger partial charge in [0.15, 0.2) is 0 Å². The van der Waals surface area contributed by atoms with Crippen molar-refractivity contribution < 1.29 is 9.84 Å². The Morgan fingerprint density at radius 1 is 1.43 bits per heavy atom. The van der Waals surface area contributed by atoms with Crippen molar-refractivity contribution in [2.75, 3.05) is 39.8 Å². The molecule has 0 atom stereocenters. The molecule has 0 radical (unpaired) electrons. The molecule has 2 saturated heterocycles. The highest BCUT2D eigenvalue weighted by Gasteiger charge is 2.36. The summed E-state index contributed by atoms with van der Waals surface area (Å²) in [6, 6.07) is 0. The van der Waals surface area contributed by atoms with Crippen LogP contribution in [0.1, 0.15) is 12.8 Å². The largest absolute Gasteiger partial charge is 0.388 e. The molecule has 2 aliphatic rings. The summed E-state index contributed by atoms with van der Waals surface area (Å²) < 4.78 is 5.20. The number of hydrogen-bond donors (Lipinski definition) is 2. The van der Waals surface area contributed by atoms with Gasteiger partial charge in [0, 0.05) is 26.7 Å². The Kier molecular flexibility index (Phi) is 3.07. The van der Waals surface area contributed by atoms with Crippen LogP contribution in [-0.4, -0.2) is 61.5 Å². The van der Waals surface area contributed by atoms with Gasteiger partial charge in [-0.15, -0.1) is 0 Å². The Morgan fingerprint density at radius 3 is 2.64 bits per heavy atom. The van der Waals surface area contributed by atoms with Crippen molar-refractivity contribution in [2.24, 2.45) is 0 Å². The van der Waals surface area contributed by atoms with Crippen LogP contribution in [0, 0.1) is 0 Å². The second-order valence-electron chi connectivity index (χ2n) is 4.53. The van der Waals surface area contributed by atoms with E-state index >= 15 is 0 Å². The van der Waals surface area contributed by atoms with Gasteiger partial charge in [-0.1, -0.05) is 0 Å². The van der Waals surface area contributed by atoms with E-state index in [1.165, 1.54) is 0 Å². The first-order valence-corrected chi connectivity index (χ1v) is 5.40. The number of rotatable bonds is 3. The Hall–Kier alpha value is -0.160. The SMILES string of the molecule is COC1CN(CC2(O)CCNCC2)C1. The first-order chi connectivity index (χ1) is 6.72. The van der Waals surface area contributed by atoms with Gasteiger partial charge in [0.05, 0.1) is 11.7 Å². The van der Waals surface area contributed by atoms with Crippen molar-refractivity contribution in [1.29, 1.82) is 0 Å². The fourth-order valence-corrected chi connectivity index (χ4v) is 2.27. The van der Waals surface area contributed by atoms with E-state index < -0.39 is 5.60 Å². The summed E-state index contributed by atoms with van der Waals surface area (Å²) in [5, 5.41) is 13.5. The van der Waals surface area contributed by atoms with Crippen LogP contribution in [0.2, 0.25) is 0 Å². The van der Waals surface area contributed by atoms with Gasteiger partial charge in [0.25, 0.3) is 0 Å². The minimum Gasteiger partial charge on any atom is -0.388 e. The Balaban J connectivity index is 1.74. The van der Waals surface area contributed by atoms with Crippen LogP contribution in [0.25, 0.3) is 0 Å². The molecule has 14 heavy (non-hydrogen) atoms. The van der Waals surface area contributed by atoms with Crippen molar-refractivity contribution in [3.63, 3.8) is 0 Å². The van der Waals surface area contributed by atoms with Crippen molar-refractivity contribution in [3.05, 3.63) is 0 Å². The zero-order valence-corrected chi connectivity index (χ0v) is 8.83. The molecule has 0 amide bonds. The summed E-state index contributed by atoms with van der Waals surface area (Å²) in [6.45, 7) is 4.66. The third-order valence-electron chi connectivity index (χ3n) is 3.31. The van der Waals surface area contributed by atoms with E-state index in [1.54, 1.807) is 7.11 Å². The molecule has 0 aromatic heterocycles. The smallest absolute Gasteiger partial charge is 0.0824 e. The summed E-state index contributed by atoms with van der Waals surface area (Å²) in [5.74, 6) is 0. The monoisotopic (exact) mass is 200 g/mol. The third kappa shape index (κ3) is 2.25. The lowest BCUT2D eigenvalue weighted by Gasteiger charge is -2.44. The molecule has 4 heteroatoms. The third-order valence-corrected chi connectivity index (χ3v) is 3.31. The normalized spacial score (nSPS) is 28.7. The number of nitrogens with one attached hydrogen (secondary N) is 1. The molecule has 0 bridgehead atoms. The van der Waals surface area contributed by atoms with Crippen LogP contribution in [0.4, 0.5) is 0 Å². The lowest BCUT2D eigenvalue weighted by Crippen LogP contribution is -2.58. The number of methoxy groups -OCH3 is 1. The molecule has 0 spiro atoms. The standard InChI is InChI=1S/C10H20N2O2/c1-14-9-6-12(7-9)8-10(13)2-4-11-5-3-10/h9,11,13H,2-8H2,1H3. The van der Waals surface area contributed by atoms with E-state index in [-0.39, 0.29) is 0 Å². The van der Waals surface area contributed by atoms with Gasteiger partial charge in [-0.3, -0.25) is 4.90 Å². The zero-order chi connectivity index (χ0) is 10.0. The molecule has 2 N–H and O–H groups in total. The number of ether oxygens (including phenoxy) is 1. The minimum absolute atomic E-state index is 0.389. The van der Waals surface area contributed by atoms with Crippen LogP contribution < -0.4 is 5.32 Å². The van der Waals surface area contributed by atoms with E-state index in [0.717, 1.165) is 45.6 Å². The Labute approximate surface area is 85.2 Å². The average Bonchev–Trinajstić information content (AvgIpc) is 2.12. The Morgan fingerprint density at radius 2 is 2.07 bits per heavy atom. The first kappa shape index (κ1) is 10.4. The molecule has 0 saturated carbocycles.